The van der Waals surface area contributed by atoms with Gasteiger partial charge < -0.3 is 15.1 Å². The maximum absolute atomic E-state index is 5.60. The van der Waals surface area contributed by atoms with Gasteiger partial charge in [-0.05, 0) is 35.0 Å². The Kier molecular flexibility index (Phi) is 3.63. The molecule has 0 saturated carbocycles. The summed E-state index contributed by atoms with van der Waals surface area (Å²) >= 11 is 3.42. The minimum absolute atomic E-state index is 0.265. The summed E-state index contributed by atoms with van der Waals surface area (Å²) < 4.78 is 6.15. The maximum atomic E-state index is 5.60. The van der Waals surface area contributed by atoms with Crippen molar-refractivity contribution in [2.75, 3.05) is 17.2 Å². The predicted molar refractivity (Wildman–Crippen MR) is 69.6 cm³/mol. The molecule has 90 valence electrons. The van der Waals surface area contributed by atoms with Crippen LogP contribution in [0.2, 0.25) is 0 Å². The molecule has 2 aromatic rings. The van der Waals surface area contributed by atoms with Gasteiger partial charge in [-0.1, -0.05) is 0 Å². The van der Waals surface area contributed by atoms with E-state index in [1.165, 1.54) is 0 Å². The summed E-state index contributed by atoms with van der Waals surface area (Å²) in [7, 11) is 0. The fourth-order valence-corrected chi connectivity index (χ4v) is 1.96. The first-order chi connectivity index (χ1) is 8.20. The highest BCUT2D eigenvalue weighted by Gasteiger charge is 2.12. The Bertz CT molecular complexity index is 486. The molecule has 2 N–H and O–H groups in total. The van der Waals surface area contributed by atoms with E-state index in [0.29, 0.717) is 6.54 Å². The molecule has 5 nitrogen and oxygen atoms in total. The van der Waals surface area contributed by atoms with Crippen LogP contribution in [0, 0.1) is 0 Å². The largest absolute Gasteiger partial charge is 0.467 e. The van der Waals surface area contributed by atoms with Crippen LogP contribution >= 0.6 is 15.9 Å². The average Bonchev–Trinajstić information content (AvgIpc) is 2.82. The van der Waals surface area contributed by atoms with Gasteiger partial charge in [0.05, 0.1) is 17.3 Å². The smallest absolute Gasteiger partial charge is 0.222 e. The Morgan fingerprint density at radius 1 is 1.53 bits per heavy atom. The van der Waals surface area contributed by atoms with Crippen molar-refractivity contribution in [2.24, 2.45) is 0 Å². The van der Waals surface area contributed by atoms with Crippen molar-refractivity contribution >= 4 is 27.7 Å². The SMILES string of the molecule is CCN(Cc1ccco1)c1nc(N)ncc1Br. The Balaban J connectivity index is 2.25. The number of aromatic nitrogens is 2. The number of anilines is 2. The molecule has 0 saturated heterocycles. The molecule has 0 amide bonds. The first kappa shape index (κ1) is 11.9. The van der Waals surface area contributed by atoms with E-state index >= 15 is 0 Å². The van der Waals surface area contributed by atoms with E-state index in [1.54, 1.807) is 12.5 Å². The van der Waals surface area contributed by atoms with Crippen molar-refractivity contribution in [3.63, 3.8) is 0 Å². The van der Waals surface area contributed by atoms with Crippen molar-refractivity contribution in [3.05, 3.63) is 34.8 Å². The second kappa shape index (κ2) is 5.18. The maximum Gasteiger partial charge on any atom is 0.222 e. The topological polar surface area (TPSA) is 68.2 Å². The molecule has 0 aliphatic rings. The first-order valence-corrected chi connectivity index (χ1v) is 6.05. The number of halogens is 1. The summed E-state index contributed by atoms with van der Waals surface area (Å²) in [5.74, 6) is 1.92. The minimum Gasteiger partial charge on any atom is -0.467 e. The second-order valence-corrected chi connectivity index (χ2v) is 4.35. The molecule has 17 heavy (non-hydrogen) atoms. The van der Waals surface area contributed by atoms with Crippen molar-refractivity contribution in [3.8, 4) is 0 Å². The zero-order valence-corrected chi connectivity index (χ0v) is 11.0. The number of hydrogen-bond donors (Lipinski definition) is 1. The number of hydrogen-bond acceptors (Lipinski definition) is 5. The van der Waals surface area contributed by atoms with Gasteiger partial charge >= 0.3 is 0 Å². The molecule has 0 atom stereocenters. The van der Waals surface area contributed by atoms with Crippen molar-refractivity contribution in [2.45, 2.75) is 13.5 Å². The lowest BCUT2D eigenvalue weighted by atomic mass is 10.4. The number of nitrogens with zero attached hydrogens (tertiary/aromatic N) is 3. The van der Waals surface area contributed by atoms with E-state index in [0.717, 1.165) is 22.6 Å². The van der Waals surface area contributed by atoms with E-state index < -0.39 is 0 Å². The molecule has 0 radical (unpaired) electrons. The van der Waals surface area contributed by atoms with Gasteiger partial charge in [0.2, 0.25) is 5.95 Å². The van der Waals surface area contributed by atoms with Crippen LogP contribution in [0.1, 0.15) is 12.7 Å². The number of rotatable bonds is 4. The van der Waals surface area contributed by atoms with Gasteiger partial charge in [-0.3, -0.25) is 0 Å². The van der Waals surface area contributed by atoms with Gasteiger partial charge in [0, 0.05) is 12.7 Å². The van der Waals surface area contributed by atoms with E-state index in [-0.39, 0.29) is 5.95 Å². The molecule has 2 rings (SSSR count). The van der Waals surface area contributed by atoms with Crippen LogP contribution in [-0.4, -0.2) is 16.5 Å². The van der Waals surface area contributed by atoms with Crippen molar-refractivity contribution < 1.29 is 4.42 Å². The van der Waals surface area contributed by atoms with Crippen molar-refractivity contribution in [1.82, 2.24) is 9.97 Å². The molecule has 2 heterocycles. The third kappa shape index (κ3) is 2.76. The van der Waals surface area contributed by atoms with Gasteiger partial charge in [-0.15, -0.1) is 0 Å². The molecular weight excluding hydrogens is 284 g/mol. The second-order valence-electron chi connectivity index (χ2n) is 3.49. The summed E-state index contributed by atoms with van der Waals surface area (Å²) in [5, 5.41) is 0. The Morgan fingerprint density at radius 2 is 2.35 bits per heavy atom. The Labute approximate surface area is 108 Å². The third-order valence-electron chi connectivity index (χ3n) is 2.35. The number of furan rings is 1. The highest BCUT2D eigenvalue weighted by molar-refractivity contribution is 9.10. The van der Waals surface area contributed by atoms with Crippen molar-refractivity contribution in [1.29, 1.82) is 0 Å². The van der Waals surface area contributed by atoms with Gasteiger partial charge in [0.15, 0.2) is 0 Å². The van der Waals surface area contributed by atoms with E-state index in [4.69, 9.17) is 10.2 Å². The first-order valence-electron chi connectivity index (χ1n) is 5.26. The standard InChI is InChI=1S/C11H13BrN4O/c1-2-16(7-8-4-3-5-17-8)10-9(12)6-14-11(13)15-10/h3-6H,2,7H2,1H3,(H2,13,14,15). The molecule has 0 aliphatic carbocycles. The summed E-state index contributed by atoms with van der Waals surface area (Å²) in [6.45, 7) is 3.50. The van der Waals surface area contributed by atoms with E-state index in [2.05, 4.69) is 30.8 Å². The van der Waals surface area contributed by atoms with Gasteiger partial charge in [0.25, 0.3) is 0 Å². The predicted octanol–water partition coefficient (Wildman–Crippen LogP) is 2.44. The van der Waals surface area contributed by atoms with Crippen LogP contribution in [-0.2, 0) is 6.54 Å². The van der Waals surface area contributed by atoms with Crippen LogP contribution in [0.3, 0.4) is 0 Å². The van der Waals surface area contributed by atoms with Crippen LogP contribution in [0.15, 0.2) is 33.5 Å². The highest BCUT2D eigenvalue weighted by Crippen LogP contribution is 2.24. The number of nitrogens with two attached hydrogens (primary N) is 1. The van der Waals surface area contributed by atoms with Crippen LogP contribution in [0.25, 0.3) is 0 Å². The van der Waals surface area contributed by atoms with Gasteiger partial charge in [0.1, 0.15) is 11.6 Å². The zero-order valence-electron chi connectivity index (χ0n) is 9.43. The van der Waals surface area contributed by atoms with Crippen LogP contribution < -0.4 is 10.6 Å². The number of nitrogen functional groups attached to an aromatic ring is 1. The highest BCUT2D eigenvalue weighted by atomic mass is 79.9. The Morgan fingerprint density at radius 3 is 3.00 bits per heavy atom. The lowest BCUT2D eigenvalue weighted by molar-refractivity contribution is 0.502. The van der Waals surface area contributed by atoms with E-state index in [9.17, 15) is 0 Å². The lowest BCUT2D eigenvalue weighted by Crippen LogP contribution is -2.23. The molecule has 0 spiro atoms. The average molecular weight is 297 g/mol. The third-order valence-corrected chi connectivity index (χ3v) is 2.91. The fraction of sp³-hybridized carbons (Fsp3) is 0.273. The summed E-state index contributed by atoms with van der Waals surface area (Å²) in [6.07, 6.45) is 3.31. The molecule has 2 aromatic heterocycles. The minimum atomic E-state index is 0.265. The molecule has 0 fully saturated rings. The summed E-state index contributed by atoms with van der Waals surface area (Å²) in [5.41, 5.74) is 5.60. The monoisotopic (exact) mass is 296 g/mol. The quantitative estimate of drug-likeness (QED) is 0.938. The molecule has 0 aromatic carbocycles. The van der Waals surface area contributed by atoms with Gasteiger partial charge in [-0.25, -0.2) is 4.98 Å². The normalized spacial score (nSPS) is 10.5. The Hall–Kier alpha value is -1.56. The summed E-state index contributed by atoms with van der Waals surface area (Å²) in [6, 6.07) is 3.80. The fourth-order valence-electron chi connectivity index (χ4n) is 1.52. The molecule has 0 bridgehead atoms. The molecular formula is C11H13BrN4O. The molecule has 6 heteroatoms. The van der Waals surface area contributed by atoms with E-state index in [1.807, 2.05) is 19.1 Å². The zero-order chi connectivity index (χ0) is 12.3. The van der Waals surface area contributed by atoms with Crippen LogP contribution in [0.5, 0.6) is 0 Å². The van der Waals surface area contributed by atoms with Gasteiger partial charge in [-0.2, -0.15) is 4.98 Å². The lowest BCUT2D eigenvalue weighted by Gasteiger charge is -2.21. The molecule has 0 aliphatic heterocycles. The molecule has 0 unspecified atom stereocenters. The van der Waals surface area contributed by atoms with Crippen LogP contribution in [0.4, 0.5) is 11.8 Å². The summed E-state index contributed by atoms with van der Waals surface area (Å²) in [4.78, 5) is 10.2.